The molecule has 1 aromatic carbocycles. The molecule has 0 unspecified atom stereocenters. The maximum Gasteiger partial charge on any atom is 0.307 e. The molecule has 0 aliphatic carbocycles. The monoisotopic (exact) mass is 401 g/mol. The van der Waals surface area contributed by atoms with E-state index in [2.05, 4.69) is 27.9 Å². The first-order valence-corrected chi connectivity index (χ1v) is 7.83. The Balaban J connectivity index is 2.03. The highest BCUT2D eigenvalue weighted by atomic mass is 127. The number of carboxylic acids is 1. The molecule has 6 heteroatoms. The van der Waals surface area contributed by atoms with Crippen LogP contribution in [0.2, 0.25) is 0 Å². The molecular formula is C14H12INO3S. The number of thiophene rings is 1. The molecule has 1 aromatic heterocycles. The van der Waals surface area contributed by atoms with Crippen molar-refractivity contribution in [1.29, 1.82) is 0 Å². The lowest BCUT2D eigenvalue weighted by Crippen LogP contribution is -2.23. The minimum atomic E-state index is -0.879. The predicted molar refractivity (Wildman–Crippen MR) is 86.0 cm³/mol. The first kappa shape index (κ1) is 15.0. The van der Waals surface area contributed by atoms with Crippen LogP contribution < -0.4 is 5.32 Å². The van der Waals surface area contributed by atoms with Gasteiger partial charge >= 0.3 is 5.97 Å². The van der Waals surface area contributed by atoms with Gasteiger partial charge in [-0.1, -0.05) is 24.3 Å². The van der Waals surface area contributed by atoms with Gasteiger partial charge in [-0.3, -0.25) is 9.59 Å². The first-order valence-electron chi connectivity index (χ1n) is 5.87. The third-order valence-electron chi connectivity index (χ3n) is 2.73. The van der Waals surface area contributed by atoms with Gasteiger partial charge in [0.25, 0.3) is 5.91 Å². The van der Waals surface area contributed by atoms with Gasteiger partial charge in [-0.25, -0.2) is 0 Å². The average Bonchev–Trinajstić information content (AvgIpc) is 2.83. The Morgan fingerprint density at radius 1 is 1.25 bits per heavy atom. The van der Waals surface area contributed by atoms with Gasteiger partial charge in [-0.2, -0.15) is 0 Å². The van der Waals surface area contributed by atoms with E-state index in [4.69, 9.17) is 5.11 Å². The Labute approximate surface area is 134 Å². The van der Waals surface area contributed by atoms with Crippen molar-refractivity contribution in [3.63, 3.8) is 0 Å². The number of nitrogens with one attached hydrogen (secondary N) is 1. The van der Waals surface area contributed by atoms with Crippen molar-refractivity contribution >= 4 is 45.8 Å². The highest BCUT2D eigenvalue weighted by Gasteiger charge is 2.10. The van der Waals surface area contributed by atoms with E-state index in [1.807, 2.05) is 18.2 Å². The summed E-state index contributed by atoms with van der Waals surface area (Å²) in [5.74, 6) is -1.02. The highest BCUT2D eigenvalue weighted by Crippen LogP contribution is 2.17. The summed E-state index contributed by atoms with van der Waals surface area (Å²) in [6.07, 6.45) is -0.0393. The summed E-state index contributed by atoms with van der Waals surface area (Å²) >= 11 is 3.68. The van der Waals surface area contributed by atoms with E-state index >= 15 is 0 Å². The lowest BCUT2D eigenvalue weighted by molar-refractivity contribution is -0.136. The first-order chi connectivity index (χ1) is 9.56. The average molecular weight is 401 g/mol. The molecule has 0 atom stereocenters. The molecule has 1 heterocycles. The van der Waals surface area contributed by atoms with Crippen molar-refractivity contribution in [3.8, 4) is 0 Å². The number of carbonyl (C=O) groups is 2. The fraction of sp³-hybridized carbons (Fsp3) is 0.143. The number of hydrogen-bond acceptors (Lipinski definition) is 3. The largest absolute Gasteiger partial charge is 0.481 e. The second kappa shape index (κ2) is 6.85. The Morgan fingerprint density at radius 3 is 2.55 bits per heavy atom. The van der Waals surface area contributed by atoms with E-state index in [1.54, 1.807) is 17.5 Å². The number of benzene rings is 1. The zero-order chi connectivity index (χ0) is 14.5. The number of aliphatic carboxylic acids is 1. The van der Waals surface area contributed by atoms with Crippen LogP contribution in [0.5, 0.6) is 0 Å². The topological polar surface area (TPSA) is 66.4 Å². The highest BCUT2D eigenvalue weighted by molar-refractivity contribution is 14.1. The Bertz CT molecular complexity index is 639. The Morgan fingerprint density at radius 2 is 1.95 bits per heavy atom. The second-order valence-corrected chi connectivity index (χ2v) is 6.97. The van der Waals surface area contributed by atoms with Crippen molar-refractivity contribution in [3.05, 3.63) is 55.3 Å². The molecule has 0 radical (unpaired) electrons. The van der Waals surface area contributed by atoms with Crippen LogP contribution in [0.3, 0.4) is 0 Å². The predicted octanol–water partition coefficient (Wildman–Crippen LogP) is 2.91. The van der Waals surface area contributed by atoms with Crippen LogP contribution in [-0.2, 0) is 17.8 Å². The third-order valence-corrected chi connectivity index (χ3v) is 4.52. The molecule has 0 bridgehead atoms. The summed E-state index contributed by atoms with van der Waals surface area (Å²) in [4.78, 5) is 22.7. The molecule has 0 aliphatic heterocycles. The third kappa shape index (κ3) is 4.04. The standard InChI is InChI=1S/C14H12INO3S/c15-12-5-11(8-20-12)14(19)16-7-10-4-2-1-3-9(10)6-13(17)18/h1-5,8H,6-7H2,(H,16,19)(H,17,18). The molecule has 0 aliphatic rings. The fourth-order valence-electron chi connectivity index (χ4n) is 1.77. The van der Waals surface area contributed by atoms with Crippen LogP contribution >= 0.6 is 33.9 Å². The fourth-order valence-corrected chi connectivity index (χ4v) is 3.10. The molecule has 1 amide bonds. The normalized spacial score (nSPS) is 10.2. The lowest BCUT2D eigenvalue weighted by Gasteiger charge is -2.08. The minimum absolute atomic E-state index is 0.0393. The number of halogens is 1. The van der Waals surface area contributed by atoms with Crippen molar-refractivity contribution in [2.45, 2.75) is 13.0 Å². The molecule has 2 aromatic rings. The summed E-state index contributed by atoms with van der Waals surface area (Å²) in [6.45, 7) is 0.328. The molecule has 0 saturated heterocycles. The van der Waals surface area contributed by atoms with Crippen molar-refractivity contribution in [1.82, 2.24) is 5.32 Å². The van der Waals surface area contributed by atoms with Crippen molar-refractivity contribution < 1.29 is 14.7 Å². The zero-order valence-electron chi connectivity index (χ0n) is 10.4. The molecular weight excluding hydrogens is 389 g/mol. The summed E-state index contributed by atoms with van der Waals surface area (Å²) in [5, 5.41) is 13.5. The summed E-state index contributed by atoms with van der Waals surface area (Å²) < 4.78 is 1.05. The Kier molecular flexibility index (Phi) is 5.13. The SMILES string of the molecule is O=C(O)Cc1ccccc1CNC(=O)c1csc(I)c1. The zero-order valence-corrected chi connectivity index (χ0v) is 13.4. The van der Waals surface area contributed by atoms with E-state index in [9.17, 15) is 9.59 Å². The van der Waals surface area contributed by atoms with Gasteiger partial charge < -0.3 is 10.4 Å². The number of carboxylic acid groups (broad SMARTS) is 1. The van der Waals surface area contributed by atoms with Gasteiger partial charge in [0.1, 0.15) is 0 Å². The van der Waals surface area contributed by atoms with Gasteiger partial charge in [0.2, 0.25) is 0 Å². The van der Waals surface area contributed by atoms with Crippen LogP contribution in [0.15, 0.2) is 35.7 Å². The van der Waals surface area contributed by atoms with E-state index in [0.717, 1.165) is 14.0 Å². The van der Waals surface area contributed by atoms with Gasteiger partial charge in [-0.05, 0) is 39.8 Å². The summed E-state index contributed by atoms with van der Waals surface area (Å²) in [6, 6.07) is 9.05. The van der Waals surface area contributed by atoms with Crippen LogP contribution in [0, 0.1) is 2.88 Å². The molecule has 2 rings (SSSR count). The van der Waals surface area contributed by atoms with Crippen LogP contribution in [0.25, 0.3) is 0 Å². The number of carbonyl (C=O) groups excluding carboxylic acids is 1. The summed E-state index contributed by atoms with van der Waals surface area (Å²) in [5.41, 5.74) is 2.18. The van der Waals surface area contributed by atoms with Gasteiger partial charge in [0.15, 0.2) is 0 Å². The number of amides is 1. The van der Waals surface area contributed by atoms with Gasteiger partial charge in [0.05, 0.1) is 14.9 Å². The molecule has 0 spiro atoms. The molecule has 20 heavy (non-hydrogen) atoms. The van der Waals surface area contributed by atoms with Gasteiger partial charge in [-0.15, -0.1) is 11.3 Å². The maximum atomic E-state index is 11.9. The quantitative estimate of drug-likeness (QED) is 0.758. The van der Waals surface area contributed by atoms with Crippen molar-refractivity contribution in [2.75, 3.05) is 0 Å². The number of rotatable bonds is 5. The summed E-state index contributed by atoms with van der Waals surface area (Å²) in [7, 11) is 0. The second-order valence-electron chi connectivity index (χ2n) is 4.16. The molecule has 104 valence electrons. The minimum Gasteiger partial charge on any atom is -0.481 e. The Hall–Kier alpha value is -1.41. The molecule has 4 nitrogen and oxygen atoms in total. The van der Waals surface area contributed by atoms with E-state index < -0.39 is 5.97 Å². The molecule has 0 saturated carbocycles. The van der Waals surface area contributed by atoms with Crippen LogP contribution in [-0.4, -0.2) is 17.0 Å². The van der Waals surface area contributed by atoms with E-state index in [-0.39, 0.29) is 12.3 Å². The van der Waals surface area contributed by atoms with E-state index in [0.29, 0.717) is 12.1 Å². The maximum absolute atomic E-state index is 11.9. The van der Waals surface area contributed by atoms with E-state index in [1.165, 1.54) is 11.3 Å². The smallest absolute Gasteiger partial charge is 0.307 e. The molecule has 0 fully saturated rings. The van der Waals surface area contributed by atoms with Gasteiger partial charge in [0, 0.05) is 11.9 Å². The lowest BCUT2D eigenvalue weighted by atomic mass is 10.0. The van der Waals surface area contributed by atoms with Crippen LogP contribution in [0.1, 0.15) is 21.5 Å². The van der Waals surface area contributed by atoms with Crippen molar-refractivity contribution in [2.24, 2.45) is 0 Å². The molecule has 2 N–H and O–H groups in total. The number of hydrogen-bond donors (Lipinski definition) is 2. The van der Waals surface area contributed by atoms with Crippen LogP contribution in [0.4, 0.5) is 0 Å².